The summed E-state index contributed by atoms with van der Waals surface area (Å²) in [6.07, 6.45) is -4.59. The minimum Gasteiger partial charge on any atom is -0.336 e. The molecule has 11 heteroatoms. The highest BCUT2D eigenvalue weighted by molar-refractivity contribution is 6.36. The number of carbonyl (C=O) groups is 2. The zero-order valence-corrected chi connectivity index (χ0v) is 17.5. The Balaban J connectivity index is 1.57. The van der Waals surface area contributed by atoms with E-state index < -0.39 is 29.4 Å². The van der Waals surface area contributed by atoms with Crippen LogP contribution in [0.1, 0.15) is 15.9 Å². The Hall–Kier alpha value is -2.36. The minimum atomic E-state index is -4.59. The molecule has 1 aliphatic heterocycles. The van der Waals surface area contributed by atoms with Crippen LogP contribution in [-0.2, 0) is 11.0 Å². The third kappa shape index (κ3) is 5.66. The van der Waals surface area contributed by atoms with Gasteiger partial charge >= 0.3 is 6.18 Å². The van der Waals surface area contributed by atoms with Crippen molar-refractivity contribution in [2.75, 3.05) is 38.0 Å². The first kappa shape index (κ1) is 23.3. The number of piperazine rings is 1. The largest absolute Gasteiger partial charge is 0.418 e. The second-order valence-corrected chi connectivity index (χ2v) is 7.72. The topological polar surface area (TPSA) is 52.7 Å². The van der Waals surface area contributed by atoms with Gasteiger partial charge in [0.15, 0.2) is 0 Å². The minimum absolute atomic E-state index is 0.0153. The Labute approximate surface area is 185 Å². The Morgan fingerprint density at radius 3 is 2.29 bits per heavy atom. The molecule has 2 amide bonds. The van der Waals surface area contributed by atoms with Gasteiger partial charge in [-0.1, -0.05) is 35.3 Å². The van der Waals surface area contributed by atoms with E-state index in [2.05, 4.69) is 5.32 Å². The number of carbonyl (C=O) groups excluding carboxylic acids is 2. The second kappa shape index (κ2) is 9.42. The molecule has 0 aliphatic carbocycles. The summed E-state index contributed by atoms with van der Waals surface area (Å²) in [5, 5.41) is 2.13. The summed E-state index contributed by atoms with van der Waals surface area (Å²) >= 11 is 11.6. The molecule has 2 aromatic rings. The highest BCUT2D eigenvalue weighted by Gasteiger charge is 2.33. The van der Waals surface area contributed by atoms with Crippen LogP contribution in [0.4, 0.5) is 23.2 Å². The molecule has 2 aromatic carbocycles. The van der Waals surface area contributed by atoms with E-state index in [0.29, 0.717) is 13.1 Å². The van der Waals surface area contributed by atoms with Gasteiger partial charge < -0.3 is 10.2 Å². The molecule has 3 rings (SSSR count). The normalized spacial score (nSPS) is 15.1. The fraction of sp³-hybridized carbons (Fsp3) is 0.300. The molecule has 1 saturated heterocycles. The molecule has 0 atom stereocenters. The predicted molar refractivity (Wildman–Crippen MR) is 109 cm³/mol. The second-order valence-electron chi connectivity index (χ2n) is 6.91. The molecular weight excluding hydrogens is 461 g/mol. The average molecular weight is 478 g/mol. The number of nitrogens with one attached hydrogen (secondary N) is 1. The summed E-state index contributed by atoms with van der Waals surface area (Å²) in [6.45, 7) is 0.976. The van der Waals surface area contributed by atoms with Crippen LogP contribution in [-0.4, -0.2) is 54.3 Å². The van der Waals surface area contributed by atoms with Crippen molar-refractivity contribution in [3.8, 4) is 0 Å². The smallest absolute Gasteiger partial charge is 0.336 e. The molecule has 0 saturated carbocycles. The van der Waals surface area contributed by atoms with Crippen LogP contribution in [0.25, 0.3) is 0 Å². The lowest BCUT2D eigenvalue weighted by Gasteiger charge is -2.34. The van der Waals surface area contributed by atoms with Gasteiger partial charge in [-0.15, -0.1) is 0 Å². The fourth-order valence-corrected chi connectivity index (χ4v) is 3.66. The van der Waals surface area contributed by atoms with Crippen LogP contribution < -0.4 is 5.32 Å². The first-order chi connectivity index (χ1) is 14.6. The van der Waals surface area contributed by atoms with Crippen molar-refractivity contribution < 1.29 is 27.2 Å². The maximum atomic E-state index is 13.7. The van der Waals surface area contributed by atoms with Gasteiger partial charge in [0, 0.05) is 26.2 Å². The van der Waals surface area contributed by atoms with Crippen molar-refractivity contribution in [2.24, 2.45) is 0 Å². The van der Waals surface area contributed by atoms with Crippen LogP contribution in [0.3, 0.4) is 0 Å². The number of anilines is 1. The summed E-state index contributed by atoms with van der Waals surface area (Å²) in [5.74, 6) is -1.83. The van der Waals surface area contributed by atoms with Crippen LogP contribution >= 0.6 is 23.2 Å². The Morgan fingerprint density at radius 2 is 1.65 bits per heavy atom. The molecule has 1 heterocycles. The zero-order chi connectivity index (χ0) is 22.8. The number of rotatable bonds is 4. The van der Waals surface area contributed by atoms with E-state index in [1.54, 1.807) is 4.90 Å². The van der Waals surface area contributed by atoms with Crippen molar-refractivity contribution in [1.82, 2.24) is 9.80 Å². The quantitative estimate of drug-likeness (QED) is 0.519. The van der Waals surface area contributed by atoms with Gasteiger partial charge in [-0.05, 0) is 24.3 Å². The van der Waals surface area contributed by atoms with Crippen molar-refractivity contribution >= 4 is 40.7 Å². The molecule has 5 nitrogen and oxygen atoms in total. The van der Waals surface area contributed by atoms with E-state index in [1.165, 1.54) is 23.1 Å². The van der Waals surface area contributed by atoms with E-state index >= 15 is 0 Å². The standard InChI is InChI=1S/C20H17Cl2F4N3O2/c21-14-10-15(22)16(23)9-12(14)19(31)29-7-5-28(6-8-29)11-18(30)27-17-4-2-1-3-13(17)20(24,25)26/h1-4,9-10H,5-8,11H2,(H,27,30). The molecule has 0 aromatic heterocycles. The molecule has 0 bridgehead atoms. The lowest BCUT2D eigenvalue weighted by Crippen LogP contribution is -2.50. The third-order valence-corrected chi connectivity index (χ3v) is 5.38. The number of hydrogen-bond acceptors (Lipinski definition) is 3. The predicted octanol–water partition coefficient (Wildman–Crippen LogP) is 4.55. The number of para-hydroxylation sites is 1. The summed E-state index contributed by atoms with van der Waals surface area (Å²) < 4.78 is 52.8. The van der Waals surface area contributed by atoms with Crippen LogP contribution in [0, 0.1) is 5.82 Å². The maximum absolute atomic E-state index is 13.7. The number of hydrogen-bond donors (Lipinski definition) is 1. The van der Waals surface area contributed by atoms with Gasteiger partial charge in [-0.3, -0.25) is 14.5 Å². The van der Waals surface area contributed by atoms with Crippen molar-refractivity contribution in [3.05, 3.63) is 63.4 Å². The van der Waals surface area contributed by atoms with Gasteiger partial charge in [0.25, 0.3) is 5.91 Å². The van der Waals surface area contributed by atoms with Crippen molar-refractivity contribution in [2.45, 2.75) is 6.18 Å². The Morgan fingerprint density at radius 1 is 1.00 bits per heavy atom. The molecule has 31 heavy (non-hydrogen) atoms. The molecule has 0 unspecified atom stereocenters. The summed E-state index contributed by atoms with van der Waals surface area (Å²) in [7, 11) is 0. The summed E-state index contributed by atoms with van der Waals surface area (Å²) in [6, 6.07) is 6.86. The molecular formula is C20H17Cl2F4N3O2. The van der Waals surface area contributed by atoms with E-state index in [1.807, 2.05) is 0 Å². The first-order valence-electron chi connectivity index (χ1n) is 9.18. The van der Waals surface area contributed by atoms with Crippen LogP contribution in [0.2, 0.25) is 10.0 Å². The van der Waals surface area contributed by atoms with Gasteiger partial charge in [0.2, 0.25) is 5.91 Å². The van der Waals surface area contributed by atoms with Crippen molar-refractivity contribution in [3.63, 3.8) is 0 Å². The van der Waals surface area contributed by atoms with Gasteiger partial charge in [-0.25, -0.2) is 4.39 Å². The molecule has 1 aliphatic rings. The molecule has 1 N–H and O–H groups in total. The SMILES string of the molecule is O=C(CN1CCN(C(=O)c2cc(F)c(Cl)cc2Cl)CC1)Nc1ccccc1C(F)(F)F. The van der Waals surface area contributed by atoms with E-state index in [9.17, 15) is 27.2 Å². The Kier molecular flexibility index (Phi) is 7.08. The third-order valence-electron chi connectivity index (χ3n) is 4.77. The molecule has 1 fully saturated rings. The number of halogens is 6. The fourth-order valence-electron chi connectivity index (χ4n) is 3.20. The van der Waals surface area contributed by atoms with Crippen molar-refractivity contribution in [1.29, 1.82) is 0 Å². The molecule has 0 radical (unpaired) electrons. The monoisotopic (exact) mass is 477 g/mol. The number of alkyl halides is 3. The van der Waals surface area contributed by atoms with Crippen LogP contribution in [0.15, 0.2) is 36.4 Å². The number of benzene rings is 2. The van der Waals surface area contributed by atoms with E-state index in [4.69, 9.17) is 23.2 Å². The molecule has 0 spiro atoms. The first-order valence-corrected chi connectivity index (χ1v) is 9.94. The van der Waals surface area contributed by atoms with E-state index in [-0.39, 0.29) is 40.9 Å². The van der Waals surface area contributed by atoms with Gasteiger partial charge in [0.1, 0.15) is 5.82 Å². The average Bonchev–Trinajstić information content (AvgIpc) is 2.70. The highest BCUT2D eigenvalue weighted by atomic mass is 35.5. The highest BCUT2D eigenvalue weighted by Crippen LogP contribution is 2.34. The van der Waals surface area contributed by atoms with Crippen LogP contribution in [0.5, 0.6) is 0 Å². The number of amides is 2. The van der Waals surface area contributed by atoms with E-state index in [0.717, 1.165) is 18.2 Å². The Bertz CT molecular complexity index is 993. The van der Waals surface area contributed by atoms with Gasteiger partial charge in [0.05, 0.1) is 33.4 Å². The van der Waals surface area contributed by atoms with Gasteiger partial charge in [-0.2, -0.15) is 13.2 Å². The maximum Gasteiger partial charge on any atom is 0.418 e. The lowest BCUT2D eigenvalue weighted by molar-refractivity contribution is -0.137. The summed E-state index contributed by atoms with van der Waals surface area (Å²) in [4.78, 5) is 28.0. The lowest BCUT2D eigenvalue weighted by atomic mass is 10.1. The molecule has 166 valence electrons. The number of nitrogens with zero attached hydrogens (tertiary/aromatic N) is 2. The summed E-state index contributed by atoms with van der Waals surface area (Å²) in [5.41, 5.74) is -1.25. The zero-order valence-electron chi connectivity index (χ0n) is 16.0.